The molecule has 0 aliphatic heterocycles. The van der Waals surface area contributed by atoms with E-state index in [0.29, 0.717) is 0 Å². The summed E-state index contributed by atoms with van der Waals surface area (Å²) in [6.45, 7) is 3.54. The van der Waals surface area contributed by atoms with E-state index >= 15 is 0 Å². The van der Waals surface area contributed by atoms with Crippen LogP contribution in [0.25, 0.3) is 0 Å². The van der Waals surface area contributed by atoms with Gasteiger partial charge in [0.25, 0.3) is 0 Å². The van der Waals surface area contributed by atoms with Gasteiger partial charge >= 0.3 is 6.36 Å². The summed E-state index contributed by atoms with van der Waals surface area (Å²) in [4.78, 5) is 0. The van der Waals surface area contributed by atoms with E-state index in [4.69, 9.17) is 0 Å². The maximum Gasteiger partial charge on any atom is 0.573 e. The van der Waals surface area contributed by atoms with Crippen molar-refractivity contribution in [3.63, 3.8) is 0 Å². The molecule has 0 heterocycles. The third-order valence-electron chi connectivity index (χ3n) is 2.70. The van der Waals surface area contributed by atoms with Crippen molar-refractivity contribution in [3.05, 3.63) is 29.8 Å². The first kappa shape index (κ1) is 17.8. The number of hydrogen-bond acceptors (Lipinski definition) is 4. The molecule has 0 aromatic heterocycles. The van der Waals surface area contributed by atoms with Crippen molar-refractivity contribution in [1.82, 2.24) is 5.32 Å². The summed E-state index contributed by atoms with van der Waals surface area (Å²) in [7, 11) is -3.09. The van der Waals surface area contributed by atoms with Crippen molar-refractivity contribution in [3.8, 4) is 5.75 Å². The largest absolute Gasteiger partial charge is 0.573 e. The molecule has 0 spiro atoms. The molecule has 0 saturated carbocycles. The number of benzene rings is 1. The molecule has 8 heteroatoms. The third-order valence-corrected chi connectivity index (χ3v) is 3.81. The molecule has 4 nitrogen and oxygen atoms in total. The van der Waals surface area contributed by atoms with E-state index in [9.17, 15) is 21.6 Å². The minimum absolute atomic E-state index is 0.00733. The second-order valence-electron chi connectivity index (χ2n) is 5.00. The highest BCUT2D eigenvalue weighted by molar-refractivity contribution is 7.90. The molecule has 1 rings (SSSR count). The summed E-state index contributed by atoms with van der Waals surface area (Å²) in [5.74, 6) is -0.297. The van der Waals surface area contributed by atoms with E-state index in [2.05, 4.69) is 10.1 Å². The van der Waals surface area contributed by atoms with Crippen LogP contribution in [0.3, 0.4) is 0 Å². The molecule has 0 aliphatic carbocycles. The monoisotopic (exact) mass is 325 g/mol. The SMILES string of the molecule is CC(CS(C)(=O)=O)NC(C)c1ccc(OC(F)(F)F)cc1. The lowest BCUT2D eigenvalue weighted by molar-refractivity contribution is -0.274. The van der Waals surface area contributed by atoms with Crippen LogP contribution >= 0.6 is 0 Å². The van der Waals surface area contributed by atoms with Gasteiger partial charge in [0, 0.05) is 18.3 Å². The zero-order chi connectivity index (χ0) is 16.3. The van der Waals surface area contributed by atoms with Crippen LogP contribution in [-0.2, 0) is 9.84 Å². The number of sulfone groups is 1. The van der Waals surface area contributed by atoms with E-state index in [1.807, 2.05) is 0 Å². The van der Waals surface area contributed by atoms with Gasteiger partial charge in [0.2, 0.25) is 0 Å². The molecule has 0 amide bonds. The smallest absolute Gasteiger partial charge is 0.406 e. The van der Waals surface area contributed by atoms with Gasteiger partial charge in [-0.15, -0.1) is 13.2 Å². The number of rotatable bonds is 6. The molecule has 1 N–H and O–H groups in total. The summed E-state index contributed by atoms with van der Waals surface area (Å²) in [6, 6.07) is 5.00. The lowest BCUT2D eigenvalue weighted by Gasteiger charge is -2.20. The van der Waals surface area contributed by atoms with Crippen LogP contribution in [0.1, 0.15) is 25.5 Å². The molecule has 0 fully saturated rings. The standard InChI is InChI=1S/C13H18F3NO3S/c1-9(8-21(3,18)19)17-10(2)11-4-6-12(7-5-11)20-13(14,15)16/h4-7,9-10,17H,8H2,1-3H3. The summed E-state index contributed by atoms with van der Waals surface area (Å²) in [6.07, 6.45) is -3.56. The molecule has 0 bridgehead atoms. The quantitative estimate of drug-likeness (QED) is 0.874. The van der Waals surface area contributed by atoms with Crippen LogP contribution in [0.4, 0.5) is 13.2 Å². The normalized spacial score (nSPS) is 15.5. The Balaban J connectivity index is 2.65. The van der Waals surface area contributed by atoms with E-state index < -0.39 is 16.2 Å². The van der Waals surface area contributed by atoms with E-state index in [-0.39, 0.29) is 23.6 Å². The Hall–Kier alpha value is -1.28. The maximum atomic E-state index is 12.0. The highest BCUT2D eigenvalue weighted by atomic mass is 32.2. The fourth-order valence-corrected chi connectivity index (χ4v) is 2.99. The number of halogens is 3. The van der Waals surface area contributed by atoms with Gasteiger partial charge in [0.15, 0.2) is 0 Å². The molecule has 2 atom stereocenters. The fourth-order valence-electron chi connectivity index (χ4n) is 1.98. The summed E-state index contributed by atoms with van der Waals surface area (Å²) in [5.41, 5.74) is 0.741. The van der Waals surface area contributed by atoms with Gasteiger partial charge in [-0.1, -0.05) is 12.1 Å². The molecule has 0 radical (unpaired) electrons. The molecule has 0 saturated heterocycles. The van der Waals surface area contributed by atoms with Crippen LogP contribution < -0.4 is 10.1 Å². The lowest BCUT2D eigenvalue weighted by atomic mass is 10.1. The lowest BCUT2D eigenvalue weighted by Crippen LogP contribution is -2.34. The molecule has 1 aromatic rings. The molecular weight excluding hydrogens is 307 g/mol. The van der Waals surface area contributed by atoms with Crippen LogP contribution in [0.2, 0.25) is 0 Å². The Morgan fingerprint density at radius 2 is 1.71 bits per heavy atom. The van der Waals surface area contributed by atoms with Crippen LogP contribution in [0.5, 0.6) is 5.75 Å². The van der Waals surface area contributed by atoms with Crippen molar-refractivity contribution >= 4 is 9.84 Å². The zero-order valence-electron chi connectivity index (χ0n) is 11.9. The van der Waals surface area contributed by atoms with Gasteiger partial charge in [-0.2, -0.15) is 0 Å². The first-order valence-electron chi connectivity index (χ1n) is 6.26. The number of hydrogen-bond donors (Lipinski definition) is 1. The van der Waals surface area contributed by atoms with Gasteiger partial charge < -0.3 is 10.1 Å². The molecule has 2 unspecified atom stereocenters. The van der Waals surface area contributed by atoms with Gasteiger partial charge in [0.05, 0.1) is 5.75 Å². The minimum Gasteiger partial charge on any atom is -0.406 e. The van der Waals surface area contributed by atoms with Crippen molar-refractivity contribution in [1.29, 1.82) is 0 Å². The van der Waals surface area contributed by atoms with Crippen molar-refractivity contribution in [2.45, 2.75) is 32.3 Å². The average molecular weight is 325 g/mol. The highest BCUT2D eigenvalue weighted by Crippen LogP contribution is 2.24. The zero-order valence-corrected chi connectivity index (χ0v) is 12.8. The van der Waals surface area contributed by atoms with Crippen molar-refractivity contribution in [2.75, 3.05) is 12.0 Å². The third kappa shape index (κ3) is 7.33. The van der Waals surface area contributed by atoms with Crippen LogP contribution in [-0.4, -0.2) is 32.8 Å². The molecule has 120 valence electrons. The van der Waals surface area contributed by atoms with Gasteiger partial charge in [-0.05, 0) is 31.5 Å². The summed E-state index contributed by atoms with van der Waals surface area (Å²) >= 11 is 0. The second kappa shape index (κ2) is 6.65. The minimum atomic E-state index is -4.71. The predicted molar refractivity (Wildman–Crippen MR) is 73.8 cm³/mol. The van der Waals surface area contributed by atoms with Crippen molar-refractivity contribution in [2.24, 2.45) is 0 Å². The Bertz CT molecular complexity index is 555. The molecule has 1 aromatic carbocycles. The first-order chi connectivity index (χ1) is 9.46. The first-order valence-corrected chi connectivity index (χ1v) is 8.32. The Morgan fingerprint density at radius 1 is 1.19 bits per heavy atom. The van der Waals surface area contributed by atoms with Gasteiger partial charge in [0.1, 0.15) is 15.6 Å². The van der Waals surface area contributed by atoms with Crippen LogP contribution in [0.15, 0.2) is 24.3 Å². The topological polar surface area (TPSA) is 55.4 Å². The summed E-state index contributed by atoms with van der Waals surface area (Å²) in [5, 5.41) is 3.08. The predicted octanol–water partition coefficient (Wildman–Crippen LogP) is 2.67. The number of alkyl halides is 3. The highest BCUT2D eigenvalue weighted by Gasteiger charge is 2.31. The second-order valence-corrected chi connectivity index (χ2v) is 7.18. The summed E-state index contributed by atoms with van der Waals surface area (Å²) < 4.78 is 62.2. The molecular formula is C13H18F3NO3S. The van der Waals surface area contributed by atoms with E-state index in [0.717, 1.165) is 11.8 Å². The van der Waals surface area contributed by atoms with E-state index in [1.165, 1.54) is 24.3 Å². The molecule has 0 aliphatic rings. The van der Waals surface area contributed by atoms with E-state index in [1.54, 1.807) is 13.8 Å². The average Bonchev–Trinajstić information content (AvgIpc) is 2.24. The van der Waals surface area contributed by atoms with Crippen LogP contribution in [0, 0.1) is 0 Å². The van der Waals surface area contributed by atoms with Gasteiger partial charge in [-0.25, -0.2) is 8.42 Å². The van der Waals surface area contributed by atoms with Gasteiger partial charge in [-0.3, -0.25) is 0 Å². The fraction of sp³-hybridized carbons (Fsp3) is 0.538. The number of nitrogens with one attached hydrogen (secondary N) is 1. The Kier molecular flexibility index (Phi) is 5.63. The molecule has 21 heavy (non-hydrogen) atoms. The number of ether oxygens (including phenoxy) is 1. The maximum absolute atomic E-state index is 12.0. The van der Waals surface area contributed by atoms with Crippen molar-refractivity contribution < 1.29 is 26.3 Å². The Labute approximate surface area is 122 Å². The Morgan fingerprint density at radius 3 is 2.14 bits per heavy atom.